The van der Waals surface area contributed by atoms with E-state index < -0.39 is 28.7 Å². The molecular weight excluding hydrogens is 736 g/mol. The molecule has 0 bridgehead atoms. The van der Waals surface area contributed by atoms with Gasteiger partial charge in [-0.2, -0.15) is 0 Å². The first-order valence-electron chi connectivity index (χ1n) is 24.4. The molecule has 0 rings (SSSR count). The predicted octanol–water partition coefficient (Wildman–Crippen LogP) is 15.0. The molecule has 4 unspecified atom stereocenters. The minimum Gasteiger partial charge on any atom is -0.361 e. The molecule has 4 atom stereocenters. The zero-order chi connectivity index (χ0) is 44.0. The summed E-state index contributed by atoms with van der Waals surface area (Å²) >= 11 is 0. The third-order valence-electron chi connectivity index (χ3n) is 11.4. The highest BCUT2D eigenvalue weighted by molar-refractivity contribution is 5.12. The molecule has 0 fully saturated rings. The predicted molar refractivity (Wildman–Crippen MR) is 240 cm³/mol. The molecule has 9 heteroatoms. The van der Waals surface area contributed by atoms with Crippen molar-refractivity contribution in [2.75, 3.05) is 39.6 Å². The molecule has 0 heterocycles. The van der Waals surface area contributed by atoms with Gasteiger partial charge in [-0.1, -0.05) is 173 Å². The third kappa shape index (κ3) is 19.3. The quantitative estimate of drug-likeness (QED) is 0.0445. The van der Waals surface area contributed by atoms with Crippen LogP contribution in [0.15, 0.2) is 0 Å². The minimum absolute atomic E-state index is 0.147. The normalized spacial score (nSPS) is 17.0. The maximum absolute atomic E-state index is 16.6. The lowest BCUT2D eigenvalue weighted by atomic mass is 9.78. The first-order chi connectivity index (χ1) is 27.6. The Morgan fingerprint density at radius 2 is 0.862 bits per heavy atom. The standard InChI is InChI=1S/C49H99FO8/c1-15-22-26-29-31-35-40-55-49(58-50,54-39-34-30-27-23-16-2)46(20-6,51-37-33-28-24-17-3)48(56-42-44(10,11)12,57-45(13,14)19-5)47(21-7,52-38-32-25-18-4)53-41-36-43(8)9/h43H,15-42H2,1-14H3. The summed E-state index contributed by atoms with van der Waals surface area (Å²) in [5.74, 6) is -5.58. The second-order valence-corrected chi connectivity index (χ2v) is 19.0. The zero-order valence-corrected chi connectivity index (χ0v) is 41.0. The number of unbranched alkanes of at least 4 members (excludes halogenated alkanes) is 14. The fourth-order valence-electron chi connectivity index (χ4n) is 7.31. The first-order valence-corrected chi connectivity index (χ1v) is 24.4. The van der Waals surface area contributed by atoms with Crippen molar-refractivity contribution in [3.05, 3.63) is 0 Å². The Morgan fingerprint density at radius 3 is 1.29 bits per heavy atom. The molecule has 0 aliphatic rings. The number of ether oxygens (including phenoxy) is 7. The molecule has 0 saturated heterocycles. The van der Waals surface area contributed by atoms with Gasteiger partial charge in [-0.25, -0.2) is 0 Å². The van der Waals surface area contributed by atoms with Gasteiger partial charge in [0.25, 0.3) is 5.79 Å². The van der Waals surface area contributed by atoms with Crippen LogP contribution in [0, 0.1) is 11.3 Å². The highest BCUT2D eigenvalue weighted by Gasteiger charge is 2.79. The molecule has 8 nitrogen and oxygen atoms in total. The fourth-order valence-corrected chi connectivity index (χ4v) is 7.31. The van der Waals surface area contributed by atoms with Gasteiger partial charge >= 0.3 is 5.97 Å². The first kappa shape index (κ1) is 57.6. The molecule has 350 valence electrons. The summed E-state index contributed by atoms with van der Waals surface area (Å²) in [6, 6.07) is 0. The Hall–Kier alpha value is -0.390. The van der Waals surface area contributed by atoms with Gasteiger partial charge in [-0.15, -0.1) is 4.94 Å². The van der Waals surface area contributed by atoms with E-state index in [4.69, 9.17) is 38.1 Å². The topological polar surface area (TPSA) is 73.8 Å². The lowest BCUT2D eigenvalue weighted by Gasteiger charge is -2.61. The van der Waals surface area contributed by atoms with Crippen LogP contribution < -0.4 is 0 Å². The number of hydrogen-bond acceptors (Lipinski definition) is 8. The van der Waals surface area contributed by atoms with Crippen molar-refractivity contribution in [1.82, 2.24) is 0 Å². The summed E-state index contributed by atoms with van der Waals surface area (Å²) in [7, 11) is 0. The van der Waals surface area contributed by atoms with Crippen LogP contribution in [-0.2, 0) is 38.1 Å². The highest BCUT2D eigenvalue weighted by Crippen LogP contribution is 2.56. The third-order valence-corrected chi connectivity index (χ3v) is 11.4. The van der Waals surface area contributed by atoms with Gasteiger partial charge in [0.15, 0.2) is 0 Å². The minimum atomic E-state index is -2.39. The van der Waals surface area contributed by atoms with Crippen molar-refractivity contribution < 1.29 is 42.6 Å². The Labute approximate surface area is 359 Å². The molecule has 0 aromatic rings. The fraction of sp³-hybridized carbons (Fsp3) is 1.00. The lowest BCUT2D eigenvalue weighted by molar-refractivity contribution is -0.570. The summed E-state index contributed by atoms with van der Waals surface area (Å²) in [6.45, 7) is 31.3. The molecular formula is C49H99FO8. The average Bonchev–Trinajstić information content (AvgIpc) is 3.19. The molecule has 0 amide bonds. The van der Waals surface area contributed by atoms with Crippen LogP contribution in [0.1, 0.15) is 238 Å². The van der Waals surface area contributed by atoms with E-state index in [2.05, 4.69) is 69.2 Å². The van der Waals surface area contributed by atoms with Crippen LogP contribution in [0.5, 0.6) is 0 Å². The van der Waals surface area contributed by atoms with E-state index in [9.17, 15) is 0 Å². The van der Waals surface area contributed by atoms with Crippen LogP contribution >= 0.6 is 0 Å². The summed E-state index contributed by atoms with van der Waals surface area (Å²) in [5, 5.41) is 0. The second-order valence-electron chi connectivity index (χ2n) is 19.0. The largest absolute Gasteiger partial charge is 0.361 e. The van der Waals surface area contributed by atoms with Gasteiger partial charge in [-0.3, -0.25) is 0 Å². The SMILES string of the molecule is CCCCCCCCOC(OF)(OCCCCCCC)C(CC)(OCCCCCC)C(OCC(C)(C)C)(OC(C)(C)CC)C(CC)(OCCCCC)OCCC(C)C. The summed E-state index contributed by atoms with van der Waals surface area (Å²) in [4.78, 5) is 5.32. The molecule has 0 aliphatic heterocycles. The molecule has 0 N–H and O–H groups in total. The molecule has 0 saturated carbocycles. The van der Waals surface area contributed by atoms with Crippen molar-refractivity contribution in [2.24, 2.45) is 11.3 Å². The molecule has 0 spiro atoms. The summed E-state index contributed by atoms with van der Waals surface area (Å²) in [5.41, 5.74) is -3.05. The van der Waals surface area contributed by atoms with Gasteiger partial charge < -0.3 is 33.2 Å². The lowest BCUT2D eigenvalue weighted by Crippen LogP contribution is -2.81. The van der Waals surface area contributed by atoms with E-state index in [1.54, 1.807) is 0 Å². The van der Waals surface area contributed by atoms with Crippen molar-refractivity contribution >= 4 is 0 Å². The molecule has 0 aromatic heterocycles. The van der Waals surface area contributed by atoms with Crippen molar-refractivity contribution in [2.45, 2.75) is 267 Å². The highest BCUT2D eigenvalue weighted by atomic mass is 19.3. The Kier molecular flexibility index (Phi) is 31.2. The van der Waals surface area contributed by atoms with Crippen LogP contribution in [0.4, 0.5) is 4.53 Å². The Bertz CT molecular complexity index is 959. The smallest absolute Gasteiger partial charge is 0.353 e. The Balaban J connectivity index is 8.48. The molecule has 0 radical (unpaired) electrons. The van der Waals surface area contributed by atoms with Gasteiger partial charge in [0.2, 0.25) is 11.4 Å². The average molecular weight is 835 g/mol. The van der Waals surface area contributed by atoms with Crippen LogP contribution in [0.3, 0.4) is 0 Å². The molecule has 0 aliphatic carbocycles. The van der Waals surface area contributed by atoms with Crippen molar-refractivity contribution in [3.63, 3.8) is 0 Å². The summed E-state index contributed by atoms with van der Waals surface area (Å²) < 4.78 is 67.1. The van der Waals surface area contributed by atoms with Crippen molar-refractivity contribution in [3.8, 4) is 0 Å². The van der Waals surface area contributed by atoms with E-state index >= 15 is 4.53 Å². The van der Waals surface area contributed by atoms with Gasteiger partial charge in [0.1, 0.15) is 0 Å². The van der Waals surface area contributed by atoms with E-state index in [0.717, 1.165) is 96.3 Å². The molecule has 0 aromatic carbocycles. The van der Waals surface area contributed by atoms with Crippen molar-refractivity contribution in [1.29, 1.82) is 0 Å². The van der Waals surface area contributed by atoms with E-state index in [0.29, 0.717) is 44.8 Å². The maximum Gasteiger partial charge on any atom is 0.353 e. The monoisotopic (exact) mass is 835 g/mol. The number of rotatable bonds is 41. The van der Waals surface area contributed by atoms with Crippen LogP contribution in [0.2, 0.25) is 0 Å². The van der Waals surface area contributed by atoms with E-state index in [1.807, 2.05) is 27.7 Å². The van der Waals surface area contributed by atoms with Crippen LogP contribution in [0.25, 0.3) is 0 Å². The van der Waals surface area contributed by atoms with Gasteiger partial charge in [0, 0.05) is 13.0 Å². The van der Waals surface area contributed by atoms with E-state index in [-0.39, 0.29) is 38.3 Å². The zero-order valence-electron chi connectivity index (χ0n) is 41.0. The number of halogens is 1. The summed E-state index contributed by atoms with van der Waals surface area (Å²) in [6.07, 6.45) is 19.7. The second kappa shape index (κ2) is 31.4. The molecule has 58 heavy (non-hydrogen) atoms. The van der Waals surface area contributed by atoms with Crippen LogP contribution in [-0.4, -0.2) is 68.4 Å². The van der Waals surface area contributed by atoms with E-state index in [1.165, 1.54) is 12.8 Å². The Morgan fingerprint density at radius 1 is 0.448 bits per heavy atom. The van der Waals surface area contributed by atoms with Gasteiger partial charge in [-0.05, 0) is 74.7 Å². The maximum atomic E-state index is 16.6. The van der Waals surface area contributed by atoms with Gasteiger partial charge in [0.05, 0.1) is 38.6 Å². The number of hydrogen-bond donors (Lipinski definition) is 0.